The SMILES string of the molecule is [NH]C(=O)c1ccc(NN)nc1. The molecule has 0 unspecified atom stereocenters. The summed E-state index contributed by atoms with van der Waals surface area (Å²) in [6.07, 6.45) is 1.30. The van der Waals surface area contributed by atoms with Crippen LogP contribution >= 0.6 is 0 Å². The molecule has 5 nitrogen and oxygen atoms in total. The fraction of sp³-hybridized carbons (Fsp3) is 0. The van der Waals surface area contributed by atoms with Gasteiger partial charge in [0.25, 0.3) is 5.91 Å². The lowest BCUT2D eigenvalue weighted by Crippen LogP contribution is -2.09. The minimum atomic E-state index is -0.749. The average molecular weight is 151 g/mol. The van der Waals surface area contributed by atoms with Crippen molar-refractivity contribution in [1.82, 2.24) is 10.7 Å². The maximum absolute atomic E-state index is 10.4. The number of nitrogens with two attached hydrogens (primary N) is 1. The fourth-order valence-corrected chi connectivity index (χ4v) is 0.614. The molecule has 0 saturated carbocycles. The highest BCUT2D eigenvalue weighted by molar-refractivity contribution is 5.91. The van der Waals surface area contributed by atoms with Crippen LogP contribution < -0.4 is 17.0 Å². The number of nitrogen functional groups attached to an aromatic ring is 1. The Bertz CT molecular complexity index is 256. The van der Waals surface area contributed by atoms with Crippen LogP contribution in [0.3, 0.4) is 0 Å². The number of carbonyl (C=O) groups is 1. The summed E-state index contributed by atoms with van der Waals surface area (Å²) in [5.74, 6) is 4.75. The van der Waals surface area contributed by atoms with Crippen LogP contribution in [0.1, 0.15) is 10.4 Å². The van der Waals surface area contributed by atoms with E-state index in [1.807, 2.05) is 0 Å². The van der Waals surface area contributed by atoms with Crippen molar-refractivity contribution in [2.45, 2.75) is 0 Å². The van der Waals surface area contributed by atoms with Gasteiger partial charge in [0.05, 0.1) is 5.56 Å². The van der Waals surface area contributed by atoms with Crippen molar-refractivity contribution in [3.63, 3.8) is 0 Å². The maximum atomic E-state index is 10.4. The molecular weight excluding hydrogens is 144 g/mol. The van der Waals surface area contributed by atoms with E-state index in [1.165, 1.54) is 18.3 Å². The minimum Gasteiger partial charge on any atom is -0.308 e. The first-order valence-electron chi connectivity index (χ1n) is 2.92. The predicted molar refractivity (Wildman–Crippen MR) is 39.5 cm³/mol. The molecule has 0 aliphatic carbocycles. The Balaban J connectivity index is 2.91. The number of nitrogens with zero attached hydrogens (tertiary/aromatic N) is 1. The molecule has 4 N–H and O–H groups in total. The van der Waals surface area contributed by atoms with Crippen LogP contribution in [-0.2, 0) is 0 Å². The summed E-state index contributed by atoms with van der Waals surface area (Å²) in [5.41, 5.74) is 9.28. The van der Waals surface area contributed by atoms with Gasteiger partial charge in [-0.2, -0.15) is 0 Å². The number of pyridine rings is 1. The Morgan fingerprint density at radius 3 is 2.73 bits per heavy atom. The molecule has 0 saturated heterocycles. The van der Waals surface area contributed by atoms with E-state index in [2.05, 4.69) is 10.4 Å². The van der Waals surface area contributed by atoms with Gasteiger partial charge < -0.3 is 5.43 Å². The van der Waals surface area contributed by atoms with Crippen molar-refractivity contribution < 1.29 is 4.79 Å². The average Bonchev–Trinajstić information content (AvgIpc) is 2.05. The predicted octanol–water partition coefficient (Wildman–Crippen LogP) is -0.210. The standard InChI is InChI=1S/C6H7N4O/c7-6(11)4-1-2-5(10-8)9-3-4/h1-3,7H,8H2,(H,9,10). The number of hydrogen-bond acceptors (Lipinski definition) is 4. The molecule has 1 amide bonds. The molecule has 0 aromatic carbocycles. The van der Waals surface area contributed by atoms with Crippen LogP contribution in [0.5, 0.6) is 0 Å². The van der Waals surface area contributed by atoms with Gasteiger partial charge in [-0.15, -0.1) is 0 Å². The Kier molecular flexibility index (Phi) is 2.03. The van der Waals surface area contributed by atoms with Crippen molar-refractivity contribution in [2.24, 2.45) is 5.84 Å². The Morgan fingerprint density at radius 1 is 1.64 bits per heavy atom. The van der Waals surface area contributed by atoms with Crippen molar-refractivity contribution in [2.75, 3.05) is 5.43 Å². The second-order valence-corrected chi connectivity index (χ2v) is 1.91. The van der Waals surface area contributed by atoms with E-state index >= 15 is 0 Å². The van der Waals surface area contributed by atoms with Crippen LogP contribution in [0.25, 0.3) is 0 Å². The number of nitrogens with one attached hydrogen (secondary N) is 2. The summed E-state index contributed by atoms with van der Waals surface area (Å²) < 4.78 is 0. The zero-order valence-corrected chi connectivity index (χ0v) is 5.66. The van der Waals surface area contributed by atoms with Gasteiger partial charge >= 0.3 is 0 Å². The monoisotopic (exact) mass is 151 g/mol. The van der Waals surface area contributed by atoms with E-state index in [9.17, 15) is 4.79 Å². The first-order valence-corrected chi connectivity index (χ1v) is 2.92. The number of aromatic nitrogens is 1. The van der Waals surface area contributed by atoms with Gasteiger partial charge in [-0.1, -0.05) is 0 Å². The summed E-state index contributed by atoms with van der Waals surface area (Å²) in [7, 11) is 0. The van der Waals surface area contributed by atoms with Gasteiger partial charge in [0, 0.05) is 6.20 Å². The molecule has 0 fully saturated rings. The molecule has 1 aromatic rings. The Labute approximate surface area is 63.4 Å². The third-order valence-corrected chi connectivity index (χ3v) is 1.17. The van der Waals surface area contributed by atoms with E-state index in [4.69, 9.17) is 11.6 Å². The third kappa shape index (κ3) is 1.65. The number of hydrogen-bond donors (Lipinski definition) is 2. The molecule has 0 aliphatic heterocycles. The molecule has 1 heterocycles. The highest BCUT2D eigenvalue weighted by atomic mass is 16.1. The fourth-order valence-electron chi connectivity index (χ4n) is 0.614. The molecule has 0 spiro atoms. The van der Waals surface area contributed by atoms with Gasteiger partial charge in [0.1, 0.15) is 5.82 Å². The highest BCUT2D eigenvalue weighted by Gasteiger charge is 1.99. The van der Waals surface area contributed by atoms with Crippen molar-refractivity contribution in [3.05, 3.63) is 23.9 Å². The van der Waals surface area contributed by atoms with Gasteiger partial charge in [-0.3, -0.25) is 10.5 Å². The number of anilines is 1. The van der Waals surface area contributed by atoms with E-state index in [1.54, 1.807) is 0 Å². The lowest BCUT2D eigenvalue weighted by Gasteiger charge is -1.97. The zero-order chi connectivity index (χ0) is 8.27. The Morgan fingerprint density at radius 2 is 2.36 bits per heavy atom. The van der Waals surface area contributed by atoms with Gasteiger partial charge in [0.2, 0.25) is 0 Å². The van der Waals surface area contributed by atoms with Crippen LogP contribution in [0.2, 0.25) is 0 Å². The summed E-state index contributed by atoms with van der Waals surface area (Å²) >= 11 is 0. The number of carbonyl (C=O) groups excluding carboxylic acids is 1. The van der Waals surface area contributed by atoms with E-state index in [0.717, 1.165) is 0 Å². The number of rotatable bonds is 2. The quantitative estimate of drug-likeness (QED) is 0.452. The van der Waals surface area contributed by atoms with Crippen LogP contribution in [-0.4, -0.2) is 10.9 Å². The second-order valence-electron chi connectivity index (χ2n) is 1.91. The maximum Gasteiger partial charge on any atom is 0.271 e. The molecule has 1 rings (SSSR count). The van der Waals surface area contributed by atoms with Crippen LogP contribution in [0, 0.1) is 0 Å². The highest BCUT2D eigenvalue weighted by Crippen LogP contribution is 2.02. The molecule has 0 bridgehead atoms. The lowest BCUT2D eigenvalue weighted by molar-refractivity contribution is 0.0992. The van der Waals surface area contributed by atoms with Gasteiger partial charge in [-0.25, -0.2) is 10.8 Å². The number of hydrazine groups is 1. The topological polar surface area (TPSA) is 91.8 Å². The zero-order valence-electron chi connectivity index (χ0n) is 5.66. The Hall–Kier alpha value is -1.62. The first-order chi connectivity index (χ1) is 5.24. The second kappa shape index (κ2) is 2.98. The molecular formula is C6H7N4O. The smallest absolute Gasteiger partial charge is 0.271 e. The molecule has 57 valence electrons. The normalized spacial score (nSPS) is 9.18. The van der Waals surface area contributed by atoms with Gasteiger partial charge in [0.15, 0.2) is 0 Å². The molecule has 11 heavy (non-hydrogen) atoms. The number of amides is 1. The molecule has 5 heteroatoms. The molecule has 0 atom stereocenters. The van der Waals surface area contributed by atoms with E-state index in [-0.39, 0.29) is 5.56 Å². The van der Waals surface area contributed by atoms with Crippen molar-refractivity contribution >= 4 is 11.7 Å². The molecule has 1 radical (unpaired) electrons. The summed E-state index contributed by atoms with van der Waals surface area (Å²) in [4.78, 5) is 14.2. The largest absolute Gasteiger partial charge is 0.308 e. The van der Waals surface area contributed by atoms with E-state index in [0.29, 0.717) is 5.82 Å². The lowest BCUT2D eigenvalue weighted by atomic mass is 10.3. The van der Waals surface area contributed by atoms with Crippen molar-refractivity contribution in [1.29, 1.82) is 0 Å². The minimum absolute atomic E-state index is 0.254. The van der Waals surface area contributed by atoms with E-state index < -0.39 is 5.91 Å². The summed E-state index contributed by atoms with van der Waals surface area (Å²) in [6.45, 7) is 0. The van der Waals surface area contributed by atoms with Crippen molar-refractivity contribution in [3.8, 4) is 0 Å². The van der Waals surface area contributed by atoms with Crippen LogP contribution in [0.4, 0.5) is 5.82 Å². The first kappa shape index (κ1) is 7.49. The third-order valence-electron chi connectivity index (χ3n) is 1.17. The molecule has 0 aliphatic rings. The summed E-state index contributed by atoms with van der Waals surface area (Å²) in [5, 5.41) is 0. The van der Waals surface area contributed by atoms with Gasteiger partial charge in [-0.05, 0) is 12.1 Å². The summed E-state index contributed by atoms with van der Waals surface area (Å²) in [6, 6.07) is 3.01. The molecule has 1 aromatic heterocycles. The van der Waals surface area contributed by atoms with Crippen LogP contribution in [0.15, 0.2) is 18.3 Å².